The lowest BCUT2D eigenvalue weighted by Crippen LogP contribution is -3.16. The first-order valence-electron chi connectivity index (χ1n) is 8.56. The number of carbonyl (C=O) groups is 1. The highest BCUT2D eigenvalue weighted by Gasteiger charge is 2.63. The van der Waals surface area contributed by atoms with Crippen molar-refractivity contribution in [3.63, 3.8) is 0 Å². The van der Waals surface area contributed by atoms with Crippen molar-refractivity contribution in [2.75, 3.05) is 7.05 Å². The van der Waals surface area contributed by atoms with Crippen LogP contribution < -0.4 is 4.90 Å². The van der Waals surface area contributed by atoms with E-state index in [1.165, 1.54) is 0 Å². The average molecular weight is 346 g/mol. The Morgan fingerprint density at radius 2 is 2.08 bits per heavy atom. The van der Waals surface area contributed by atoms with E-state index in [0.29, 0.717) is 18.0 Å². The van der Waals surface area contributed by atoms with Crippen LogP contribution in [0.5, 0.6) is 0 Å². The maximum atomic E-state index is 13.1. The quantitative estimate of drug-likeness (QED) is 0.751. The maximum Gasteiger partial charge on any atom is 0.236 e. The number of Topliss-reactive ketones (excluding diaryl/α,β-unsaturated/α-hetero) is 1. The molecule has 4 nitrogen and oxygen atoms in total. The summed E-state index contributed by atoms with van der Waals surface area (Å²) in [5.41, 5.74) is 0.916. The molecule has 2 aliphatic heterocycles. The summed E-state index contributed by atoms with van der Waals surface area (Å²) in [4.78, 5) is 15.2. The molecule has 1 aliphatic carbocycles. The van der Waals surface area contributed by atoms with Crippen molar-refractivity contribution < 1.29 is 19.5 Å². The molecule has 0 bridgehead atoms. The van der Waals surface area contributed by atoms with Gasteiger partial charge in [-0.2, -0.15) is 0 Å². The van der Waals surface area contributed by atoms with E-state index in [-0.39, 0.29) is 22.9 Å². The van der Waals surface area contributed by atoms with Crippen LogP contribution in [0, 0.1) is 17.8 Å². The zero-order valence-corrected chi connectivity index (χ0v) is 15.1. The second kappa shape index (κ2) is 5.43. The van der Waals surface area contributed by atoms with Crippen LogP contribution in [0.1, 0.15) is 30.6 Å². The van der Waals surface area contributed by atoms with Gasteiger partial charge in [-0.05, 0) is 18.6 Å². The van der Waals surface area contributed by atoms with Crippen LogP contribution in [0.4, 0.5) is 0 Å². The molecule has 7 atom stereocenters. The average Bonchev–Trinajstić information content (AvgIpc) is 2.79. The summed E-state index contributed by atoms with van der Waals surface area (Å²) >= 11 is 1.83. The Balaban J connectivity index is 1.76. The fourth-order valence-electron chi connectivity index (χ4n) is 4.72. The fourth-order valence-corrected chi connectivity index (χ4v) is 6.30. The Morgan fingerprint density at radius 3 is 2.75 bits per heavy atom. The predicted molar refractivity (Wildman–Crippen MR) is 92.7 cm³/mol. The minimum absolute atomic E-state index is 0.0795. The van der Waals surface area contributed by atoms with Gasteiger partial charge in [-0.25, -0.2) is 0 Å². The number of ketones is 1. The molecule has 1 aromatic carbocycles. The van der Waals surface area contributed by atoms with Gasteiger partial charge in [0.15, 0.2) is 11.5 Å². The molecular weight excluding hydrogens is 322 g/mol. The second-order valence-corrected chi connectivity index (χ2v) is 8.63. The van der Waals surface area contributed by atoms with Gasteiger partial charge in [0.25, 0.3) is 0 Å². The molecule has 2 N–H and O–H groups in total. The first kappa shape index (κ1) is 16.3. The third-order valence-electron chi connectivity index (χ3n) is 6.45. The SMILES string of the molecule is C=C1C(O)OC2(CC3C(=O)c4ccccc4SC3C(C)C2C)[NH+]1C. The molecule has 0 aromatic heterocycles. The summed E-state index contributed by atoms with van der Waals surface area (Å²) in [5.74, 6) is 0.664. The van der Waals surface area contributed by atoms with Crippen molar-refractivity contribution in [1.29, 1.82) is 0 Å². The molecule has 1 saturated heterocycles. The number of benzene rings is 1. The molecule has 3 aliphatic rings. The van der Waals surface area contributed by atoms with Crippen molar-refractivity contribution in [2.45, 2.75) is 42.4 Å². The van der Waals surface area contributed by atoms with E-state index in [9.17, 15) is 9.90 Å². The number of aliphatic hydroxyl groups is 1. The minimum Gasteiger partial charge on any atom is -0.360 e. The summed E-state index contributed by atoms with van der Waals surface area (Å²) in [6.45, 7) is 8.37. The molecule has 4 rings (SSSR count). The number of thioether (sulfide) groups is 1. The Morgan fingerprint density at radius 1 is 1.38 bits per heavy atom. The first-order valence-corrected chi connectivity index (χ1v) is 9.44. The molecule has 0 radical (unpaired) electrons. The van der Waals surface area contributed by atoms with Crippen molar-refractivity contribution in [3.05, 3.63) is 42.1 Å². The molecule has 1 saturated carbocycles. The maximum absolute atomic E-state index is 13.1. The standard InChI is InChI=1S/C19H23NO3S/c1-10-11(2)19(20(4)12(3)18(22)23-19)9-14-16(21)13-7-5-6-8-15(13)24-17(10)14/h5-8,10-11,14,17-18,22H,3,9H2,1-2,4H3/p+1. The lowest BCUT2D eigenvalue weighted by Gasteiger charge is -2.50. The van der Waals surface area contributed by atoms with Gasteiger partial charge in [-0.3, -0.25) is 14.4 Å². The summed E-state index contributed by atoms with van der Waals surface area (Å²) in [6, 6.07) is 7.90. The van der Waals surface area contributed by atoms with Crippen LogP contribution in [0.25, 0.3) is 0 Å². The second-order valence-electron chi connectivity index (χ2n) is 7.41. The summed E-state index contributed by atoms with van der Waals surface area (Å²) in [7, 11) is 2.00. The van der Waals surface area contributed by atoms with Crippen LogP contribution in [0.15, 0.2) is 41.4 Å². The highest BCUT2D eigenvalue weighted by molar-refractivity contribution is 8.00. The first-order chi connectivity index (χ1) is 11.4. The van der Waals surface area contributed by atoms with Gasteiger partial charge in [0, 0.05) is 34.0 Å². The van der Waals surface area contributed by atoms with Crippen LogP contribution in [0.2, 0.25) is 0 Å². The smallest absolute Gasteiger partial charge is 0.236 e. The fraction of sp³-hybridized carbons (Fsp3) is 0.526. The summed E-state index contributed by atoms with van der Waals surface area (Å²) < 4.78 is 6.04. The molecule has 2 heterocycles. The lowest BCUT2D eigenvalue weighted by molar-refractivity contribution is -0.914. The van der Waals surface area contributed by atoms with Gasteiger partial charge < -0.3 is 5.11 Å². The number of rotatable bonds is 0. The lowest BCUT2D eigenvalue weighted by atomic mass is 9.67. The number of fused-ring (bicyclic) bond motifs is 2. The van der Waals surface area contributed by atoms with Crippen LogP contribution in [-0.2, 0) is 4.74 Å². The van der Waals surface area contributed by atoms with Crippen LogP contribution >= 0.6 is 11.8 Å². The zero-order valence-electron chi connectivity index (χ0n) is 14.3. The van der Waals surface area contributed by atoms with Gasteiger partial charge in [-0.1, -0.05) is 32.0 Å². The highest BCUT2D eigenvalue weighted by atomic mass is 32.2. The van der Waals surface area contributed by atoms with Crippen molar-refractivity contribution >= 4 is 17.5 Å². The van der Waals surface area contributed by atoms with E-state index < -0.39 is 12.0 Å². The Bertz CT molecular complexity index is 720. The number of nitrogens with one attached hydrogen (secondary N) is 1. The van der Waals surface area contributed by atoms with Crippen molar-refractivity contribution in [2.24, 2.45) is 17.8 Å². The van der Waals surface area contributed by atoms with Crippen LogP contribution in [-0.4, -0.2) is 35.2 Å². The topological polar surface area (TPSA) is 51.0 Å². The molecule has 1 aromatic rings. The summed E-state index contributed by atoms with van der Waals surface area (Å²) in [6.07, 6.45) is -0.319. The van der Waals surface area contributed by atoms with E-state index >= 15 is 0 Å². The number of hydrogen-bond donors (Lipinski definition) is 2. The Labute approximate surface area is 146 Å². The number of aliphatic hydroxyl groups excluding tert-OH is 1. The molecule has 0 amide bonds. The normalized spacial score (nSPS) is 44.5. The largest absolute Gasteiger partial charge is 0.360 e. The number of carbonyl (C=O) groups excluding carboxylic acids is 1. The van der Waals surface area contributed by atoms with Gasteiger partial charge in [0.2, 0.25) is 12.0 Å². The zero-order chi connectivity index (χ0) is 17.2. The molecule has 24 heavy (non-hydrogen) atoms. The third-order valence-corrected chi connectivity index (χ3v) is 8.09. The third kappa shape index (κ3) is 2.02. The number of likely N-dealkylation sites (N-methyl/N-ethyl adjacent to an activating group) is 1. The molecule has 128 valence electrons. The van der Waals surface area contributed by atoms with E-state index in [4.69, 9.17) is 4.74 Å². The van der Waals surface area contributed by atoms with E-state index in [1.54, 1.807) is 0 Å². The van der Waals surface area contributed by atoms with Crippen molar-refractivity contribution in [1.82, 2.24) is 0 Å². The summed E-state index contributed by atoms with van der Waals surface area (Å²) in [5, 5.41) is 10.4. The number of hydrogen-bond acceptors (Lipinski definition) is 4. The molecule has 2 fully saturated rings. The van der Waals surface area contributed by atoms with Crippen molar-refractivity contribution in [3.8, 4) is 0 Å². The molecular formula is C19H24NO3S+. The van der Waals surface area contributed by atoms with Gasteiger partial charge in [-0.15, -0.1) is 11.8 Å². The van der Waals surface area contributed by atoms with E-state index in [2.05, 4.69) is 20.4 Å². The van der Waals surface area contributed by atoms with E-state index in [1.807, 2.05) is 43.1 Å². The Kier molecular flexibility index (Phi) is 3.69. The highest BCUT2D eigenvalue weighted by Crippen LogP contribution is 2.52. The van der Waals surface area contributed by atoms with E-state index in [0.717, 1.165) is 15.4 Å². The Hall–Kier alpha value is -1.14. The molecule has 1 spiro atoms. The molecule has 7 unspecified atom stereocenters. The molecule has 5 heteroatoms. The minimum atomic E-state index is -0.949. The van der Waals surface area contributed by atoms with Crippen LogP contribution in [0.3, 0.4) is 0 Å². The predicted octanol–water partition coefficient (Wildman–Crippen LogP) is 1.71. The van der Waals surface area contributed by atoms with Gasteiger partial charge >= 0.3 is 0 Å². The monoisotopic (exact) mass is 346 g/mol. The number of ether oxygens (including phenoxy) is 1. The van der Waals surface area contributed by atoms with Gasteiger partial charge in [0.1, 0.15) is 0 Å². The van der Waals surface area contributed by atoms with Gasteiger partial charge in [0.05, 0.1) is 7.05 Å². The number of quaternary nitrogens is 1.